The number of ether oxygens (including phenoxy) is 1. The molecule has 1 aromatic carbocycles. The Morgan fingerprint density at radius 3 is 2.63 bits per heavy atom. The van der Waals surface area contributed by atoms with Crippen molar-refractivity contribution in [3.8, 4) is 17.1 Å². The van der Waals surface area contributed by atoms with E-state index in [0.717, 1.165) is 11.4 Å². The summed E-state index contributed by atoms with van der Waals surface area (Å²) in [4.78, 5) is 7.16. The van der Waals surface area contributed by atoms with Gasteiger partial charge < -0.3 is 15.5 Å². The maximum absolute atomic E-state index is 12.3. The van der Waals surface area contributed by atoms with Crippen LogP contribution in [0.25, 0.3) is 11.4 Å². The van der Waals surface area contributed by atoms with Gasteiger partial charge in [-0.05, 0) is 24.3 Å². The zero-order chi connectivity index (χ0) is 12.8. The third-order valence-electron chi connectivity index (χ3n) is 2.47. The zero-order valence-electron chi connectivity index (χ0n) is 10.2. The first kappa shape index (κ1) is 15.2. The molecule has 0 aliphatic rings. The minimum atomic E-state index is 0. The average molecular weight is 284 g/mol. The monoisotopic (exact) mass is 283 g/mol. The van der Waals surface area contributed by atoms with Crippen LogP contribution in [-0.4, -0.2) is 23.1 Å². The number of hydrogen-bond acceptors (Lipinski definition) is 3. The number of benzene rings is 1. The molecule has 2 rings (SSSR count). The van der Waals surface area contributed by atoms with Gasteiger partial charge in [0.1, 0.15) is 18.2 Å². The van der Waals surface area contributed by atoms with Crippen LogP contribution in [0.3, 0.4) is 0 Å². The average Bonchev–Trinajstić information content (AvgIpc) is 2.94. The van der Waals surface area contributed by atoms with Gasteiger partial charge in [-0.15, -0.1) is 12.4 Å². The van der Waals surface area contributed by atoms with Crippen LogP contribution in [-0.2, 0) is 0 Å². The number of aromatic amines is 1. The minimum absolute atomic E-state index is 0. The summed E-state index contributed by atoms with van der Waals surface area (Å²) in [6, 6.07) is 7.39. The van der Waals surface area contributed by atoms with Gasteiger partial charge in [0, 0.05) is 30.1 Å². The van der Waals surface area contributed by atoms with Crippen molar-refractivity contribution in [1.82, 2.24) is 9.97 Å². The molecule has 0 fully saturated rings. The fourth-order valence-corrected chi connectivity index (χ4v) is 1.44. The maximum atomic E-state index is 12.3. The van der Waals surface area contributed by atoms with Gasteiger partial charge in [-0.2, -0.15) is 0 Å². The molecule has 0 aliphatic heterocycles. The third kappa shape index (κ3) is 4.08. The Morgan fingerprint density at radius 1 is 1.37 bits per heavy atom. The molecule has 102 valence electrons. The number of aromatic nitrogens is 2. The van der Waals surface area contributed by atoms with E-state index in [2.05, 4.69) is 9.97 Å². The van der Waals surface area contributed by atoms with E-state index in [1.54, 1.807) is 12.4 Å². The van der Waals surface area contributed by atoms with Gasteiger partial charge in [0.25, 0.3) is 0 Å². The largest absolute Gasteiger partial charge is 0.489 e. The van der Waals surface area contributed by atoms with Gasteiger partial charge in [-0.25, -0.2) is 9.37 Å². The second-order valence-electron chi connectivity index (χ2n) is 3.72. The molecule has 0 saturated carbocycles. The summed E-state index contributed by atoms with van der Waals surface area (Å²) < 4.78 is 17.7. The molecule has 0 bridgehead atoms. The van der Waals surface area contributed by atoms with Gasteiger partial charge in [-0.1, -0.05) is 0 Å². The van der Waals surface area contributed by atoms with E-state index in [1.807, 2.05) is 24.3 Å². The molecule has 4 nitrogen and oxygen atoms in total. The van der Waals surface area contributed by atoms with E-state index in [-0.39, 0.29) is 25.6 Å². The number of nitrogens with zero attached hydrogens (tertiary/aromatic N) is 1. The van der Waals surface area contributed by atoms with E-state index in [9.17, 15) is 4.39 Å². The van der Waals surface area contributed by atoms with E-state index in [1.165, 1.54) is 0 Å². The fraction of sp³-hybridized carbons (Fsp3) is 0.154. The predicted octanol–water partition coefficient (Wildman–Crippen LogP) is 2.69. The Bertz CT molecular complexity index is 511. The molecule has 0 saturated heterocycles. The van der Waals surface area contributed by atoms with E-state index in [4.69, 9.17) is 10.5 Å². The molecule has 19 heavy (non-hydrogen) atoms. The maximum Gasteiger partial charge on any atom is 0.137 e. The Balaban J connectivity index is 0.00000180. The van der Waals surface area contributed by atoms with Crippen molar-refractivity contribution in [3.63, 3.8) is 0 Å². The first-order valence-corrected chi connectivity index (χ1v) is 5.54. The lowest BCUT2D eigenvalue weighted by molar-refractivity contribution is 0.347. The molecular weight excluding hydrogens is 269 g/mol. The second-order valence-corrected chi connectivity index (χ2v) is 3.72. The van der Waals surface area contributed by atoms with Crippen LogP contribution in [0.15, 0.2) is 48.6 Å². The highest BCUT2D eigenvalue weighted by molar-refractivity contribution is 5.85. The first-order valence-electron chi connectivity index (χ1n) is 5.54. The van der Waals surface area contributed by atoms with Gasteiger partial charge in [0.05, 0.1) is 6.33 Å². The highest BCUT2D eigenvalue weighted by atomic mass is 35.5. The van der Waals surface area contributed by atoms with Crippen molar-refractivity contribution in [3.05, 3.63) is 48.6 Å². The number of halogens is 2. The van der Waals surface area contributed by atoms with Gasteiger partial charge in [-0.3, -0.25) is 0 Å². The number of rotatable bonds is 5. The number of H-pyrrole nitrogens is 1. The predicted molar refractivity (Wildman–Crippen MR) is 75.0 cm³/mol. The van der Waals surface area contributed by atoms with Crippen molar-refractivity contribution in [2.45, 2.75) is 0 Å². The summed E-state index contributed by atoms with van der Waals surface area (Å²) in [5.74, 6) is 1.46. The van der Waals surface area contributed by atoms with Crippen LogP contribution >= 0.6 is 12.4 Å². The molecule has 1 aromatic heterocycles. The Labute approximate surface area is 116 Å². The summed E-state index contributed by atoms with van der Waals surface area (Å²) >= 11 is 0. The van der Waals surface area contributed by atoms with Gasteiger partial charge in [0.15, 0.2) is 0 Å². The van der Waals surface area contributed by atoms with Gasteiger partial charge >= 0.3 is 0 Å². The molecule has 1 heterocycles. The first-order chi connectivity index (χ1) is 8.83. The summed E-state index contributed by atoms with van der Waals surface area (Å²) in [5.41, 5.74) is 6.72. The summed E-state index contributed by atoms with van der Waals surface area (Å²) in [6.07, 6.45) is 3.94. The summed E-state index contributed by atoms with van der Waals surface area (Å²) in [6.45, 7) is 0.314. The lowest BCUT2D eigenvalue weighted by atomic mass is 10.2. The molecular formula is C13H15ClFN3O. The molecule has 0 aliphatic carbocycles. The SMILES string of the molecule is Cl.NC/C(=C/F)COc1ccc(-c2ncc[nH]2)cc1. The second kappa shape index (κ2) is 7.56. The third-order valence-corrected chi connectivity index (χ3v) is 2.47. The Kier molecular flexibility index (Phi) is 6.05. The lowest BCUT2D eigenvalue weighted by Crippen LogP contribution is -2.10. The molecule has 0 spiro atoms. The molecule has 0 unspecified atom stereocenters. The van der Waals surface area contributed by atoms with Crippen LogP contribution in [0.2, 0.25) is 0 Å². The van der Waals surface area contributed by atoms with Crippen LogP contribution in [0.5, 0.6) is 5.75 Å². The van der Waals surface area contributed by atoms with E-state index in [0.29, 0.717) is 17.7 Å². The quantitative estimate of drug-likeness (QED) is 0.887. The Hall–Kier alpha value is -1.85. The van der Waals surface area contributed by atoms with Crippen LogP contribution in [0.4, 0.5) is 4.39 Å². The minimum Gasteiger partial charge on any atom is -0.489 e. The van der Waals surface area contributed by atoms with E-state index >= 15 is 0 Å². The number of nitrogens with two attached hydrogens (primary N) is 1. The molecule has 0 radical (unpaired) electrons. The number of imidazole rings is 1. The molecule has 0 amide bonds. The Morgan fingerprint density at radius 2 is 2.11 bits per heavy atom. The molecule has 6 heteroatoms. The smallest absolute Gasteiger partial charge is 0.137 e. The van der Waals surface area contributed by atoms with Crippen LogP contribution < -0.4 is 10.5 Å². The molecule has 3 N–H and O–H groups in total. The standard InChI is InChI=1S/C13H14FN3O.ClH/c14-7-10(8-15)9-18-12-3-1-11(2-4-12)13-16-5-6-17-13;/h1-7H,8-9,15H2,(H,16,17);1H/b10-7-;. The topological polar surface area (TPSA) is 63.9 Å². The highest BCUT2D eigenvalue weighted by Gasteiger charge is 2.01. The van der Waals surface area contributed by atoms with Crippen molar-refractivity contribution >= 4 is 12.4 Å². The van der Waals surface area contributed by atoms with Gasteiger partial charge in [0.2, 0.25) is 0 Å². The number of nitrogens with one attached hydrogen (secondary N) is 1. The zero-order valence-corrected chi connectivity index (χ0v) is 11.0. The summed E-state index contributed by atoms with van der Waals surface area (Å²) in [7, 11) is 0. The van der Waals surface area contributed by atoms with Crippen LogP contribution in [0, 0.1) is 0 Å². The molecule has 2 aromatic rings. The molecule has 0 atom stereocenters. The fourth-order valence-electron chi connectivity index (χ4n) is 1.44. The van der Waals surface area contributed by atoms with Crippen molar-refractivity contribution in [2.24, 2.45) is 5.73 Å². The lowest BCUT2D eigenvalue weighted by Gasteiger charge is -2.07. The number of hydrogen-bond donors (Lipinski definition) is 2. The van der Waals surface area contributed by atoms with Crippen LogP contribution in [0.1, 0.15) is 0 Å². The highest BCUT2D eigenvalue weighted by Crippen LogP contribution is 2.19. The normalized spacial score (nSPS) is 10.9. The van der Waals surface area contributed by atoms with Crippen molar-refractivity contribution in [1.29, 1.82) is 0 Å². The summed E-state index contributed by atoms with van der Waals surface area (Å²) in [5, 5.41) is 0. The van der Waals surface area contributed by atoms with Crippen molar-refractivity contribution in [2.75, 3.05) is 13.2 Å². The van der Waals surface area contributed by atoms with E-state index < -0.39 is 0 Å². The van der Waals surface area contributed by atoms with Crippen molar-refractivity contribution < 1.29 is 9.13 Å².